The maximum absolute atomic E-state index is 13.8. The lowest BCUT2D eigenvalue weighted by atomic mass is 9.96. The Kier molecular flexibility index (Phi) is 8.67. The van der Waals surface area contributed by atoms with Crippen LogP contribution in [0.15, 0.2) is 48.7 Å². The van der Waals surface area contributed by atoms with Crippen molar-refractivity contribution in [2.45, 2.75) is 24.9 Å². The highest BCUT2D eigenvalue weighted by Crippen LogP contribution is 2.35. The van der Waals surface area contributed by atoms with Crippen molar-refractivity contribution < 1.29 is 27.4 Å². The normalized spacial score (nSPS) is 17.2. The van der Waals surface area contributed by atoms with Gasteiger partial charge >= 0.3 is 6.18 Å². The Hall–Kier alpha value is -3.48. The molecule has 0 radical (unpaired) electrons. The van der Waals surface area contributed by atoms with Crippen LogP contribution in [-0.4, -0.2) is 85.2 Å². The van der Waals surface area contributed by atoms with E-state index in [-0.39, 0.29) is 23.3 Å². The zero-order valence-corrected chi connectivity index (χ0v) is 22.4. The molecule has 4 heterocycles. The van der Waals surface area contributed by atoms with E-state index in [0.29, 0.717) is 43.9 Å². The number of carbonyl (C=O) groups excluding carboxylic acids is 1. The Bertz CT molecular complexity index is 1280. The molecule has 1 aromatic carbocycles. The average Bonchev–Trinajstić information content (AvgIpc) is 3.44. The summed E-state index contributed by atoms with van der Waals surface area (Å²) in [5.41, 5.74) is 1.13. The molecule has 2 aromatic heterocycles. The number of piperazine rings is 1. The number of hydrogen-bond donors (Lipinski definition) is 1. The molecule has 0 unspecified atom stereocenters. The number of nitrogens with zero attached hydrogens (tertiary/aromatic N) is 5. The number of benzene rings is 1. The van der Waals surface area contributed by atoms with Crippen molar-refractivity contribution in [3.8, 4) is 5.69 Å². The van der Waals surface area contributed by atoms with E-state index in [9.17, 15) is 18.0 Å². The van der Waals surface area contributed by atoms with Gasteiger partial charge in [0.2, 0.25) is 0 Å². The van der Waals surface area contributed by atoms with Gasteiger partial charge in [-0.2, -0.15) is 18.3 Å². The molecule has 40 heavy (non-hydrogen) atoms. The Labute approximate surface area is 230 Å². The first-order valence-corrected chi connectivity index (χ1v) is 13.4. The number of pyridine rings is 1. The number of hydrogen-bond acceptors (Lipinski definition) is 7. The number of anilines is 2. The molecule has 1 N–H and O–H groups in total. The molecule has 12 heteroatoms. The molecule has 214 valence electrons. The van der Waals surface area contributed by atoms with Gasteiger partial charge in [0.15, 0.2) is 0 Å². The number of amides is 1. The van der Waals surface area contributed by atoms with E-state index in [1.54, 1.807) is 13.2 Å². The van der Waals surface area contributed by atoms with E-state index < -0.39 is 11.9 Å². The summed E-state index contributed by atoms with van der Waals surface area (Å²) in [7, 11) is 1.70. The zero-order valence-electron chi connectivity index (χ0n) is 22.4. The van der Waals surface area contributed by atoms with Crippen LogP contribution >= 0.6 is 0 Å². The molecule has 0 aliphatic carbocycles. The minimum atomic E-state index is -4.58. The molecule has 5 rings (SSSR count). The zero-order chi connectivity index (χ0) is 28.1. The summed E-state index contributed by atoms with van der Waals surface area (Å²) in [5.74, 6) is -0.202. The lowest BCUT2D eigenvalue weighted by Crippen LogP contribution is -2.47. The van der Waals surface area contributed by atoms with Gasteiger partial charge in [-0.3, -0.25) is 9.69 Å². The topological polar surface area (TPSA) is 84.8 Å². The van der Waals surface area contributed by atoms with Crippen molar-refractivity contribution in [3.05, 3.63) is 65.6 Å². The van der Waals surface area contributed by atoms with Crippen LogP contribution in [0.4, 0.5) is 24.7 Å². The third kappa shape index (κ3) is 6.62. The number of carbonyl (C=O) groups is 1. The molecule has 0 spiro atoms. The van der Waals surface area contributed by atoms with Crippen LogP contribution in [0.3, 0.4) is 0 Å². The Morgan fingerprint density at radius 3 is 2.52 bits per heavy atom. The number of nitrogens with one attached hydrogen (secondary N) is 1. The molecule has 2 aliphatic rings. The van der Waals surface area contributed by atoms with Crippen LogP contribution in [0.2, 0.25) is 0 Å². The van der Waals surface area contributed by atoms with E-state index in [4.69, 9.17) is 9.47 Å². The number of ether oxygens (including phenoxy) is 2. The van der Waals surface area contributed by atoms with E-state index in [1.807, 2.05) is 18.2 Å². The Balaban J connectivity index is 1.26. The van der Waals surface area contributed by atoms with Crippen molar-refractivity contribution in [2.75, 3.05) is 69.9 Å². The molecule has 2 fully saturated rings. The van der Waals surface area contributed by atoms with Crippen LogP contribution in [-0.2, 0) is 15.7 Å². The molecule has 2 aliphatic heterocycles. The first-order chi connectivity index (χ1) is 19.3. The highest BCUT2D eigenvalue weighted by atomic mass is 19.4. The summed E-state index contributed by atoms with van der Waals surface area (Å²) in [6.07, 6.45) is -2.04. The molecule has 0 atom stereocenters. The maximum Gasteiger partial charge on any atom is 0.433 e. The summed E-state index contributed by atoms with van der Waals surface area (Å²) in [6.45, 7) is 6.13. The van der Waals surface area contributed by atoms with Gasteiger partial charge in [-0.05, 0) is 49.2 Å². The van der Waals surface area contributed by atoms with Gasteiger partial charge in [0, 0.05) is 70.2 Å². The highest BCUT2D eigenvalue weighted by molar-refractivity contribution is 6.04. The molecule has 9 nitrogen and oxygen atoms in total. The van der Waals surface area contributed by atoms with Crippen molar-refractivity contribution in [1.82, 2.24) is 19.7 Å². The molecule has 2 saturated heterocycles. The standard InChI is InChI=1S/C28H33F3N6O3/c1-39-16-13-35-9-11-36(12-10-35)22-4-2-3-21(17-22)27(38)33-26-6-5-23(19-32-26)37-25(28(29,30)31)18-24(34-37)20-7-14-40-15-8-20/h2-6,17-20H,7-16H2,1H3,(H,32,33,38). The average molecular weight is 559 g/mol. The smallest absolute Gasteiger partial charge is 0.383 e. The van der Waals surface area contributed by atoms with Crippen LogP contribution in [0, 0.1) is 0 Å². The second-order valence-electron chi connectivity index (χ2n) is 9.98. The van der Waals surface area contributed by atoms with Gasteiger partial charge < -0.3 is 19.7 Å². The minimum absolute atomic E-state index is 0.0853. The second-order valence-corrected chi connectivity index (χ2v) is 9.98. The van der Waals surface area contributed by atoms with E-state index in [2.05, 4.69) is 25.2 Å². The van der Waals surface area contributed by atoms with Gasteiger partial charge in [-0.1, -0.05) is 6.07 Å². The number of aromatic nitrogens is 3. The largest absolute Gasteiger partial charge is 0.433 e. The highest BCUT2D eigenvalue weighted by Gasteiger charge is 2.37. The van der Waals surface area contributed by atoms with Gasteiger partial charge in [0.1, 0.15) is 11.5 Å². The van der Waals surface area contributed by atoms with Gasteiger partial charge in [-0.15, -0.1) is 0 Å². The SMILES string of the molecule is COCCN1CCN(c2cccc(C(=O)Nc3ccc(-n4nc(C5CCOCC5)cc4C(F)(F)F)cn3)c2)CC1. The lowest BCUT2D eigenvalue weighted by Gasteiger charge is -2.36. The van der Waals surface area contributed by atoms with Gasteiger partial charge in [-0.25, -0.2) is 9.67 Å². The van der Waals surface area contributed by atoms with Crippen LogP contribution < -0.4 is 10.2 Å². The summed E-state index contributed by atoms with van der Waals surface area (Å²) in [5, 5.41) is 7.02. The maximum atomic E-state index is 13.8. The molecule has 3 aromatic rings. The third-order valence-electron chi connectivity index (χ3n) is 7.35. The lowest BCUT2D eigenvalue weighted by molar-refractivity contribution is -0.142. The van der Waals surface area contributed by atoms with Crippen molar-refractivity contribution in [3.63, 3.8) is 0 Å². The Morgan fingerprint density at radius 2 is 1.85 bits per heavy atom. The van der Waals surface area contributed by atoms with E-state index >= 15 is 0 Å². The summed E-state index contributed by atoms with van der Waals surface area (Å²) >= 11 is 0. The predicted molar refractivity (Wildman–Crippen MR) is 144 cm³/mol. The molecular formula is C28H33F3N6O3. The van der Waals surface area contributed by atoms with Gasteiger partial charge in [0.05, 0.1) is 24.2 Å². The summed E-state index contributed by atoms with van der Waals surface area (Å²) < 4.78 is 52.8. The first-order valence-electron chi connectivity index (χ1n) is 13.4. The molecular weight excluding hydrogens is 525 g/mol. The number of alkyl halides is 3. The number of rotatable bonds is 8. The second kappa shape index (κ2) is 12.4. The molecule has 0 bridgehead atoms. The fourth-order valence-electron chi connectivity index (χ4n) is 5.06. The van der Waals surface area contributed by atoms with Crippen molar-refractivity contribution in [1.29, 1.82) is 0 Å². The summed E-state index contributed by atoms with van der Waals surface area (Å²) in [6, 6.07) is 11.4. The van der Waals surface area contributed by atoms with Crippen LogP contribution in [0.25, 0.3) is 5.69 Å². The number of halogens is 3. The van der Waals surface area contributed by atoms with Gasteiger partial charge in [0.25, 0.3) is 5.91 Å². The summed E-state index contributed by atoms with van der Waals surface area (Å²) in [4.78, 5) is 21.8. The van der Waals surface area contributed by atoms with Crippen LogP contribution in [0.1, 0.15) is 40.5 Å². The fraction of sp³-hybridized carbons (Fsp3) is 0.464. The fourth-order valence-corrected chi connectivity index (χ4v) is 5.06. The third-order valence-corrected chi connectivity index (χ3v) is 7.35. The van der Waals surface area contributed by atoms with E-state index in [1.165, 1.54) is 18.3 Å². The molecule has 1 amide bonds. The van der Waals surface area contributed by atoms with Crippen molar-refractivity contribution >= 4 is 17.4 Å². The minimum Gasteiger partial charge on any atom is -0.383 e. The Morgan fingerprint density at radius 1 is 1.07 bits per heavy atom. The quantitative estimate of drug-likeness (QED) is 0.444. The molecule has 0 saturated carbocycles. The first kappa shape index (κ1) is 28.1. The monoisotopic (exact) mass is 558 g/mol. The predicted octanol–water partition coefficient (Wildman–Crippen LogP) is 4.20. The van der Waals surface area contributed by atoms with Crippen LogP contribution in [0.5, 0.6) is 0 Å². The number of methoxy groups -OCH3 is 1. The van der Waals surface area contributed by atoms with Crippen molar-refractivity contribution in [2.24, 2.45) is 0 Å². The van der Waals surface area contributed by atoms with E-state index in [0.717, 1.165) is 49.2 Å².